The number of nitrogens with zero attached hydrogens (tertiary/aromatic N) is 6. The van der Waals surface area contributed by atoms with Crippen LogP contribution in [-0.2, 0) is 6.54 Å². The summed E-state index contributed by atoms with van der Waals surface area (Å²) >= 11 is 0. The second-order valence-corrected chi connectivity index (χ2v) is 6.75. The lowest BCUT2D eigenvalue weighted by molar-refractivity contribution is 0.196. The molecule has 1 atom stereocenters. The van der Waals surface area contributed by atoms with Gasteiger partial charge in [0, 0.05) is 50.2 Å². The lowest BCUT2D eigenvalue weighted by Gasteiger charge is -2.32. The molecule has 24 heavy (non-hydrogen) atoms. The van der Waals surface area contributed by atoms with Crippen molar-refractivity contribution >= 4 is 5.95 Å². The van der Waals surface area contributed by atoms with Gasteiger partial charge in [-0.2, -0.15) is 0 Å². The quantitative estimate of drug-likeness (QED) is 0.860. The number of likely N-dealkylation sites (tertiary alicyclic amines) is 1. The van der Waals surface area contributed by atoms with Crippen LogP contribution < -0.4 is 4.90 Å². The van der Waals surface area contributed by atoms with Gasteiger partial charge in [-0.25, -0.2) is 19.9 Å². The van der Waals surface area contributed by atoms with Crippen LogP contribution in [0.4, 0.5) is 5.95 Å². The van der Waals surface area contributed by atoms with Crippen LogP contribution in [0.3, 0.4) is 0 Å². The largest absolute Gasteiger partial charge is 0.341 e. The summed E-state index contributed by atoms with van der Waals surface area (Å²) in [5, 5.41) is 0. The maximum Gasteiger partial charge on any atom is 0.225 e. The molecule has 4 heterocycles. The van der Waals surface area contributed by atoms with Crippen LogP contribution in [0, 0.1) is 0 Å². The van der Waals surface area contributed by atoms with Crippen molar-refractivity contribution in [2.24, 2.45) is 0 Å². The molecule has 6 heteroatoms. The summed E-state index contributed by atoms with van der Waals surface area (Å²) in [5.41, 5.74) is 2.28. The van der Waals surface area contributed by atoms with Crippen LogP contribution in [0.5, 0.6) is 0 Å². The predicted molar refractivity (Wildman–Crippen MR) is 92.8 cm³/mol. The molecule has 4 rings (SSSR count). The summed E-state index contributed by atoms with van der Waals surface area (Å²) in [6.07, 6.45) is 10.3. The normalized spacial score (nSPS) is 22.0. The van der Waals surface area contributed by atoms with Gasteiger partial charge in [-0.05, 0) is 44.4 Å². The smallest absolute Gasteiger partial charge is 0.225 e. The van der Waals surface area contributed by atoms with E-state index in [1.807, 2.05) is 24.5 Å². The van der Waals surface area contributed by atoms with E-state index in [1.54, 1.807) is 6.33 Å². The highest BCUT2D eigenvalue weighted by Gasteiger charge is 2.23. The molecule has 126 valence electrons. The Balaban J connectivity index is 1.42. The van der Waals surface area contributed by atoms with Gasteiger partial charge in [0.1, 0.15) is 6.33 Å². The molecule has 0 aromatic carbocycles. The van der Waals surface area contributed by atoms with E-state index in [4.69, 9.17) is 4.98 Å². The zero-order chi connectivity index (χ0) is 16.2. The third-order valence-corrected chi connectivity index (χ3v) is 5.00. The van der Waals surface area contributed by atoms with Crippen LogP contribution in [-0.4, -0.2) is 51.0 Å². The zero-order valence-electron chi connectivity index (χ0n) is 14.0. The van der Waals surface area contributed by atoms with Crippen molar-refractivity contribution in [3.63, 3.8) is 0 Å². The van der Waals surface area contributed by atoms with E-state index in [0.717, 1.165) is 50.1 Å². The topological polar surface area (TPSA) is 58.0 Å². The molecule has 0 aliphatic carbocycles. The number of rotatable bonds is 4. The predicted octanol–water partition coefficient (Wildman–Crippen LogP) is 2.25. The molecule has 0 radical (unpaired) electrons. The van der Waals surface area contributed by atoms with E-state index in [-0.39, 0.29) is 0 Å². The van der Waals surface area contributed by atoms with E-state index in [9.17, 15) is 0 Å². The summed E-state index contributed by atoms with van der Waals surface area (Å²) in [5.74, 6) is 1.40. The van der Waals surface area contributed by atoms with Crippen molar-refractivity contribution in [2.75, 3.05) is 31.1 Å². The SMILES string of the molecule is c1cc([C@H]2CCCN(Cc3ccnc(N4CCCC4)n3)C2)ncn1. The average molecular weight is 324 g/mol. The van der Waals surface area contributed by atoms with Gasteiger partial charge in [0.15, 0.2) is 0 Å². The number of piperidine rings is 1. The third-order valence-electron chi connectivity index (χ3n) is 5.00. The van der Waals surface area contributed by atoms with Gasteiger partial charge in [-0.3, -0.25) is 4.90 Å². The highest BCUT2D eigenvalue weighted by atomic mass is 15.3. The van der Waals surface area contributed by atoms with Gasteiger partial charge in [-0.1, -0.05) is 0 Å². The Bertz CT molecular complexity index is 656. The fourth-order valence-corrected chi connectivity index (χ4v) is 3.75. The Morgan fingerprint density at radius 1 is 1.00 bits per heavy atom. The van der Waals surface area contributed by atoms with Crippen LogP contribution in [0.2, 0.25) is 0 Å². The molecule has 2 aromatic rings. The Hall–Kier alpha value is -2.08. The fourth-order valence-electron chi connectivity index (χ4n) is 3.75. The summed E-state index contributed by atoms with van der Waals surface area (Å²) in [4.78, 5) is 22.5. The summed E-state index contributed by atoms with van der Waals surface area (Å²) in [6.45, 7) is 5.24. The molecule has 6 nitrogen and oxygen atoms in total. The molecule has 0 unspecified atom stereocenters. The van der Waals surface area contributed by atoms with E-state index in [1.165, 1.54) is 25.7 Å². The maximum absolute atomic E-state index is 4.79. The Labute approximate surface area is 143 Å². The molecule has 0 N–H and O–H groups in total. The van der Waals surface area contributed by atoms with Crippen molar-refractivity contribution < 1.29 is 0 Å². The van der Waals surface area contributed by atoms with Crippen molar-refractivity contribution in [1.29, 1.82) is 0 Å². The zero-order valence-corrected chi connectivity index (χ0v) is 14.0. The standard InChI is InChI=1S/C18H24N6/c1-2-11-24(10-1)18-20-8-5-16(22-18)13-23-9-3-4-15(12-23)17-6-7-19-14-21-17/h5-8,14-15H,1-4,9-13H2/t15-/m0/s1. The molecule has 2 fully saturated rings. The summed E-state index contributed by atoms with van der Waals surface area (Å²) in [6, 6.07) is 4.10. The first kappa shape index (κ1) is 15.4. The minimum Gasteiger partial charge on any atom is -0.341 e. The lowest BCUT2D eigenvalue weighted by Crippen LogP contribution is -2.34. The van der Waals surface area contributed by atoms with Crippen LogP contribution in [0.15, 0.2) is 30.9 Å². The number of hydrogen-bond acceptors (Lipinski definition) is 6. The summed E-state index contributed by atoms with van der Waals surface area (Å²) < 4.78 is 0. The molecular weight excluding hydrogens is 300 g/mol. The van der Waals surface area contributed by atoms with Crippen molar-refractivity contribution in [1.82, 2.24) is 24.8 Å². The van der Waals surface area contributed by atoms with E-state index in [2.05, 4.69) is 24.8 Å². The first-order valence-electron chi connectivity index (χ1n) is 8.93. The first-order valence-corrected chi connectivity index (χ1v) is 8.93. The van der Waals surface area contributed by atoms with Crippen LogP contribution in [0.25, 0.3) is 0 Å². The molecular formula is C18H24N6. The monoisotopic (exact) mass is 324 g/mol. The highest BCUT2D eigenvalue weighted by molar-refractivity contribution is 5.31. The minimum absolute atomic E-state index is 0.502. The molecule has 0 spiro atoms. The van der Waals surface area contributed by atoms with E-state index in [0.29, 0.717) is 5.92 Å². The number of aromatic nitrogens is 4. The molecule has 2 aromatic heterocycles. The molecule has 2 aliphatic heterocycles. The minimum atomic E-state index is 0.502. The van der Waals surface area contributed by atoms with E-state index < -0.39 is 0 Å². The van der Waals surface area contributed by atoms with Gasteiger partial charge >= 0.3 is 0 Å². The second kappa shape index (κ2) is 7.21. The highest BCUT2D eigenvalue weighted by Crippen LogP contribution is 2.26. The van der Waals surface area contributed by atoms with Gasteiger partial charge in [-0.15, -0.1) is 0 Å². The van der Waals surface area contributed by atoms with Gasteiger partial charge in [0.25, 0.3) is 0 Å². The Morgan fingerprint density at radius 2 is 1.92 bits per heavy atom. The average Bonchev–Trinajstić information content (AvgIpc) is 3.18. The van der Waals surface area contributed by atoms with Gasteiger partial charge < -0.3 is 4.90 Å². The van der Waals surface area contributed by atoms with Gasteiger partial charge in [0.2, 0.25) is 5.95 Å². The van der Waals surface area contributed by atoms with Crippen molar-refractivity contribution in [2.45, 2.75) is 38.1 Å². The van der Waals surface area contributed by atoms with Gasteiger partial charge in [0.05, 0.1) is 5.69 Å². The first-order chi connectivity index (χ1) is 11.9. The molecule has 2 aliphatic rings. The number of anilines is 1. The maximum atomic E-state index is 4.79. The van der Waals surface area contributed by atoms with Crippen LogP contribution >= 0.6 is 0 Å². The molecule has 0 saturated carbocycles. The number of hydrogen-bond donors (Lipinski definition) is 0. The fraction of sp³-hybridized carbons (Fsp3) is 0.556. The Kier molecular flexibility index (Phi) is 4.64. The molecule has 2 saturated heterocycles. The molecule has 0 bridgehead atoms. The lowest BCUT2D eigenvalue weighted by atomic mass is 9.94. The van der Waals surface area contributed by atoms with Crippen molar-refractivity contribution in [3.8, 4) is 0 Å². The third kappa shape index (κ3) is 3.53. The van der Waals surface area contributed by atoms with Crippen molar-refractivity contribution in [3.05, 3.63) is 42.2 Å². The van der Waals surface area contributed by atoms with Crippen LogP contribution in [0.1, 0.15) is 43.0 Å². The summed E-state index contributed by atoms with van der Waals surface area (Å²) in [7, 11) is 0. The van der Waals surface area contributed by atoms with E-state index >= 15 is 0 Å². The molecule has 0 amide bonds. The Morgan fingerprint density at radius 3 is 2.75 bits per heavy atom. The second-order valence-electron chi connectivity index (χ2n) is 6.75.